The molecule has 0 saturated carbocycles. The summed E-state index contributed by atoms with van der Waals surface area (Å²) in [6.45, 7) is 3.83. The van der Waals surface area contributed by atoms with Crippen molar-refractivity contribution in [3.05, 3.63) is 94.7 Å². The van der Waals surface area contributed by atoms with Crippen molar-refractivity contribution in [3.8, 4) is 0 Å². The highest BCUT2D eigenvalue weighted by atomic mass is 32.1. The maximum absolute atomic E-state index is 11.0. The molecule has 0 saturated heterocycles. The molecule has 6 nitrogen and oxygen atoms in total. The average molecular weight is 407 g/mol. The molecule has 4 N–H and O–H groups in total. The second kappa shape index (κ2) is 9.16. The number of hydrogen-bond acceptors (Lipinski definition) is 4. The van der Waals surface area contributed by atoms with Crippen molar-refractivity contribution in [3.63, 3.8) is 0 Å². The lowest BCUT2D eigenvalue weighted by molar-refractivity contribution is 0.0696. The Bertz CT molecular complexity index is 1010. The van der Waals surface area contributed by atoms with Crippen LogP contribution in [0.1, 0.15) is 38.7 Å². The monoisotopic (exact) mass is 406 g/mol. The number of carboxylic acids is 1. The van der Waals surface area contributed by atoms with Gasteiger partial charge in [0.2, 0.25) is 0 Å². The summed E-state index contributed by atoms with van der Waals surface area (Å²) in [5.74, 6) is -0.508. The van der Waals surface area contributed by atoms with Gasteiger partial charge in [-0.3, -0.25) is 10.9 Å². The topological polar surface area (TPSA) is 86.3 Å². The first-order valence-corrected chi connectivity index (χ1v) is 9.49. The van der Waals surface area contributed by atoms with Crippen molar-refractivity contribution in [1.29, 1.82) is 0 Å². The number of thiocarbonyl (C=S) groups is 1. The summed E-state index contributed by atoms with van der Waals surface area (Å²) in [5.41, 5.74) is 10.1. The number of nitrogens with zero attached hydrogens (tertiary/aromatic N) is 1. The van der Waals surface area contributed by atoms with E-state index in [1.807, 2.05) is 30.3 Å². The summed E-state index contributed by atoms with van der Waals surface area (Å²) in [7, 11) is 0. The van der Waals surface area contributed by atoms with E-state index in [0.717, 1.165) is 11.1 Å². The minimum Gasteiger partial charge on any atom is -0.478 e. The number of aryl methyl sites for hydroxylation is 2. The van der Waals surface area contributed by atoms with Crippen molar-refractivity contribution in [1.82, 2.24) is 15.7 Å². The molecule has 1 atom stereocenters. The van der Waals surface area contributed by atoms with Crippen LogP contribution in [0, 0.1) is 13.8 Å². The van der Waals surface area contributed by atoms with Gasteiger partial charge in [-0.2, -0.15) is 0 Å². The van der Waals surface area contributed by atoms with Gasteiger partial charge in [-0.05, 0) is 48.8 Å². The molecule has 0 amide bonds. The Morgan fingerprint density at radius 3 is 2.31 bits per heavy atom. The summed E-state index contributed by atoms with van der Waals surface area (Å²) in [6, 6.07) is 19.8. The molecule has 29 heavy (non-hydrogen) atoms. The van der Waals surface area contributed by atoms with Crippen LogP contribution in [0.25, 0.3) is 0 Å². The summed E-state index contributed by atoms with van der Waals surface area (Å²) in [5, 5.41) is 12.8. The van der Waals surface area contributed by atoms with E-state index >= 15 is 0 Å². The van der Waals surface area contributed by atoms with E-state index in [4.69, 9.17) is 17.3 Å². The first-order valence-electron chi connectivity index (χ1n) is 9.08. The smallest absolute Gasteiger partial charge is 0.337 e. The van der Waals surface area contributed by atoms with Crippen molar-refractivity contribution in [2.24, 2.45) is 0 Å². The first kappa shape index (κ1) is 20.3. The molecular weight excluding hydrogens is 384 g/mol. The molecule has 1 heterocycles. The number of aromatic carboxylic acids is 1. The van der Waals surface area contributed by atoms with Crippen molar-refractivity contribution in [2.75, 3.05) is 5.43 Å². The molecule has 148 valence electrons. The zero-order valence-electron chi connectivity index (χ0n) is 16.1. The summed E-state index contributed by atoms with van der Waals surface area (Å²) >= 11 is 5.46. The third-order valence-electron chi connectivity index (χ3n) is 4.44. The Kier molecular flexibility index (Phi) is 6.41. The van der Waals surface area contributed by atoms with Crippen LogP contribution in [0.3, 0.4) is 0 Å². The molecular formula is C22H22N4O2S. The second-order valence-corrected chi connectivity index (χ2v) is 7.08. The lowest BCUT2D eigenvalue weighted by Crippen LogP contribution is -2.41. The molecule has 3 aromatic rings. The molecule has 0 bridgehead atoms. The summed E-state index contributed by atoms with van der Waals surface area (Å²) in [4.78, 5) is 15.2. The van der Waals surface area contributed by atoms with Crippen LogP contribution in [-0.2, 0) is 0 Å². The zero-order valence-corrected chi connectivity index (χ0v) is 17.0. The van der Waals surface area contributed by atoms with Gasteiger partial charge in [-0.1, -0.05) is 60.2 Å². The molecule has 0 radical (unpaired) electrons. The van der Waals surface area contributed by atoms with E-state index in [1.54, 1.807) is 13.0 Å². The lowest BCUT2D eigenvalue weighted by atomic mass is 9.98. The number of aromatic nitrogens is 1. The summed E-state index contributed by atoms with van der Waals surface area (Å²) in [6.07, 6.45) is 1.30. The van der Waals surface area contributed by atoms with Crippen molar-refractivity contribution in [2.45, 2.75) is 19.9 Å². The molecule has 0 spiro atoms. The molecule has 0 fully saturated rings. The van der Waals surface area contributed by atoms with Gasteiger partial charge in [-0.15, -0.1) is 0 Å². The Hall–Kier alpha value is -3.45. The molecule has 7 heteroatoms. The predicted octanol–water partition coefficient (Wildman–Crippen LogP) is 3.98. The molecule has 1 aromatic heterocycles. The van der Waals surface area contributed by atoms with Gasteiger partial charge in [0.05, 0.1) is 11.6 Å². The van der Waals surface area contributed by atoms with Crippen LogP contribution in [0.15, 0.2) is 66.9 Å². The first-order chi connectivity index (χ1) is 13.9. The lowest BCUT2D eigenvalue weighted by Gasteiger charge is -2.22. The van der Waals surface area contributed by atoms with E-state index in [1.165, 1.54) is 11.8 Å². The van der Waals surface area contributed by atoms with Gasteiger partial charge in [-0.25, -0.2) is 9.78 Å². The predicted molar refractivity (Wildman–Crippen MR) is 118 cm³/mol. The highest BCUT2D eigenvalue weighted by Gasteiger charge is 2.15. The van der Waals surface area contributed by atoms with Crippen LogP contribution < -0.4 is 16.2 Å². The van der Waals surface area contributed by atoms with Gasteiger partial charge < -0.3 is 10.4 Å². The van der Waals surface area contributed by atoms with E-state index < -0.39 is 5.97 Å². The number of benzene rings is 2. The quantitative estimate of drug-likeness (QED) is 0.364. The van der Waals surface area contributed by atoms with E-state index in [-0.39, 0.29) is 11.6 Å². The van der Waals surface area contributed by atoms with Crippen LogP contribution in [0.5, 0.6) is 0 Å². The zero-order chi connectivity index (χ0) is 20.8. The van der Waals surface area contributed by atoms with Gasteiger partial charge in [0.15, 0.2) is 5.11 Å². The number of rotatable bonds is 6. The summed E-state index contributed by atoms with van der Waals surface area (Å²) < 4.78 is 0. The number of pyridine rings is 1. The largest absolute Gasteiger partial charge is 0.478 e. The second-order valence-electron chi connectivity index (χ2n) is 6.67. The van der Waals surface area contributed by atoms with Crippen molar-refractivity contribution < 1.29 is 9.90 Å². The van der Waals surface area contributed by atoms with Crippen LogP contribution in [0.2, 0.25) is 0 Å². The third kappa shape index (κ3) is 5.30. The molecule has 0 aliphatic rings. The molecule has 1 unspecified atom stereocenters. The van der Waals surface area contributed by atoms with E-state index in [9.17, 15) is 4.79 Å². The number of hydrazine groups is 1. The van der Waals surface area contributed by atoms with E-state index in [2.05, 4.69) is 52.3 Å². The Labute approximate surface area is 175 Å². The highest BCUT2D eigenvalue weighted by Crippen LogP contribution is 2.22. The maximum Gasteiger partial charge on any atom is 0.337 e. The number of carbonyl (C=O) groups is 1. The fraction of sp³-hybridized carbons (Fsp3) is 0.136. The normalized spacial score (nSPS) is 11.4. The van der Waals surface area contributed by atoms with Crippen molar-refractivity contribution >= 4 is 29.1 Å². The molecule has 3 rings (SSSR count). The van der Waals surface area contributed by atoms with Crippen LogP contribution in [0.4, 0.5) is 5.82 Å². The standard InChI is InChI=1S/C22H22N4O2S/c1-14-8-10-17(11-9-14)19(16-6-4-3-5-7-16)24-22(29)26-25-20-15(2)12-18(13-23-20)21(27)28/h3-13,19H,1-2H3,(H,23,25)(H,27,28)(H2,24,26,29). The van der Waals surface area contributed by atoms with Gasteiger partial charge in [0, 0.05) is 6.20 Å². The number of anilines is 1. The maximum atomic E-state index is 11.0. The molecule has 0 aliphatic carbocycles. The number of hydrogen-bond donors (Lipinski definition) is 4. The minimum atomic E-state index is -1.01. The molecule has 0 aliphatic heterocycles. The highest BCUT2D eigenvalue weighted by molar-refractivity contribution is 7.80. The van der Waals surface area contributed by atoms with Gasteiger partial charge in [0.1, 0.15) is 5.82 Å². The minimum absolute atomic E-state index is 0.123. The number of carboxylic acid groups (broad SMARTS) is 1. The average Bonchev–Trinajstić information content (AvgIpc) is 2.72. The fourth-order valence-corrected chi connectivity index (χ4v) is 3.04. The number of nitrogens with one attached hydrogen (secondary N) is 3. The Morgan fingerprint density at radius 2 is 1.69 bits per heavy atom. The molecule has 2 aromatic carbocycles. The fourth-order valence-electron chi connectivity index (χ4n) is 2.87. The Balaban J connectivity index is 1.72. The van der Waals surface area contributed by atoms with Crippen LogP contribution in [-0.4, -0.2) is 21.2 Å². The Morgan fingerprint density at radius 1 is 1.03 bits per heavy atom. The van der Waals surface area contributed by atoms with Gasteiger partial charge in [0.25, 0.3) is 0 Å². The van der Waals surface area contributed by atoms with Crippen LogP contribution >= 0.6 is 12.2 Å². The third-order valence-corrected chi connectivity index (χ3v) is 4.66. The van der Waals surface area contributed by atoms with E-state index in [0.29, 0.717) is 16.5 Å². The van der Waals surface area contributed by atoms with Gasteiger partial charge >= 0.3 is 5.97 Å². The SMILES string of the molecule is Cc1ccc(C(NC(=S)NNc2ncc(C(=O)O)cc2C)c2ccccc2)cc1.